The van der Waals surface area contributed by atoms with E-state index in [-0.39, 0.29) is 5.91 Å². The molecule has 0 unspecified atom stereocenters. The van der Waals surface area contributed by atoms with Gasteiger partial charge in [-0.25, -0.2) is 10.2 Å². The van der Waals surface area contributed by atoms with E-state index in [0.29, 0.717) is 18.2 Å². The number of hydroxylamine groups is 1. The number of amides is 1. The van der Waals surface area contributed by atoms with Gasteiger partial charge in [0, 0.05) is 6.20 Å². The normalized spacial score (nSPS) is 10.7. The smallest absolute Gasteiger partial charge is 0.273 e. The quantitative estimate of drug-likeness (QED) is 0.837. The zero-order valence-electron chi connectivity index (χ0n) is 11.0. The summed E-state index contributed by atoms with van der Waals surface area (Å²) in [5, 5.41) is 4.20. The average Bonchev–Trinajstić information content (AvgIpc) is 2.89. The van der Waals surface area contributed by atoms with Crippen molar-refractivity contribution in [1.82, 2.24) is 15.3 Å². The fourth-order valence-corrected chi connectivity index (χ4v) is 1.50. The molecule has 1 aromatic carbocycles. The average molecular weight is 259 g/mol. The Morgan fingerprint density at radius 3 is 2.74 bits per heavy atom. The van der Waals surface area contributed by atoms with Crippen LogP contribution in [0.25, 0.3) is 5.69 Å². The molecule has 5 nitrogen and oxygen atoms in total. The maximum Gasteiger partial charge on any atom is 0.295 e. The monoisotopic (exact) mass is 259 g/mol. The van der Waals surface area contributed by atoms with Crippen LogP contribution >= 0.6 is 0 Å². The highest BCUT2D eigenvalue weighted by molar-refractivity contribution is 5.91. The number of carbonyl (C=O) groups is 1. The first-order valence-electron chi connectivity index (χ1n) is 6.20. The van der Waals surface area contributed by atoms with Gasteiger partial charge < -0.3 is 0 Å². The molecule has 0 aliphatic rings. The van der Waals surface area contributed by atoms with Crippen molar-refractivity contribution < 1.29 is 9.63 Å². The highest BCUT2D eigenvalue weighted by atomic mass is 16.6. The van der Waals surface area contributed by atoms with Gasteiger partial charge in [0.25, 0.3) is 5.91 Å². The van der Waals surface area contributed by atoms with Crippen molar-refractivity contribution in [3.05, 3.63) is 48.3 Å². The number of rotatable bonds is 5. The maximum atomic E-state index is 11.8. The van der Waals surface area contributed by atoms with E-state index in [1.54, 1.807) is 16.9 Å². The molecule has 5 heteroatoms. The summed E-state index contributed by atoms with van der Waals surface area (Å²) in [4.78, 5) is 16.8. The second kappa shape index (κ2) is 6.15. The van der Waals surface area contributed by atoms with Crippen LogP contribution in [-0.2, 0) is 4.84 Å². The van der Waals surface area contributed by atoms with Crippen LogP contribution in [0, 0.1) is 5.92 Å². The summed E-state index contributed by atoms with van der Waals surface area (Å²) < 4.78 is 1.65. The summed E-state index contributed by atoms with van der Waals surface area (Å²) in [6, 6.07) is 11.3. The van der Waals surface area contributed by atoms with Crippen molar-refractivity contribution in [3.63, 3.8) is 0 Å². The van der Waals surface area contributed by atoms with Crippen LogP contribution in [0.5, 0.6) is 0 Å². The van der Waals surface area contributed by atoms with Gasteiger partial charge in [-0.05, 0) is 24.1 Å². The number of hydrogen-bond donors (Lipinski definition) is 1. The van der Waals surface area contributed by atoms with Crippen LogP contribution in [-0.4, -0.2) is 22.3 Å². The van der Waals surface area contributed by atoms with E-state index in [4.69, 9.17) is 4.84 Å². The first-order valence-corrected chi connectivity index (χ1v) is 6.20. The Morgan fingerprint density at radius 1 is 1.32 bits per heavy atom. The second-order valence-electron chi connectivity index (χ2n) is 4.62. The molecule has 0 spiro atoms. The first-order chi connectivity index (χ1) is 9.16. The highest BCUT2D eigenvalue weighted by Crippen LogP contribution is 2.06. The fraction of sp³-hybridized carbons (Fsp3) is 0.286. The van der Waals surface area contributed by atoms with Crippen LogP contribution in [0.3, 0.4) is 0 Å². The van der Waals surface area contributed by atoms with Crippen molar-refractivity contribution in [3.8, 4) is 5.69 Å². The summed E-state index contributed by atoms with van der Waals surface area (Å²) in [6.45, 7) is 4.50. The molecule has 2 aromatic rings. The highest BCUT2D eigenvalue weighted by Gasteiger charge is 2.10. The minimum Gasteiger partial charge on any atom is -0.273 e. The Bertz CT molecular complexity index is 535. The van der Waals surface area contributed by atoms with Crippen LogP contribution in [0.15, 0.2) is 42.6 Å². The van der Waals surface area contributed by atoms with E-state index in [9.17, 15) is 4.79 Å². The third-order valence-electron chi connectivity index (χ3n) is 2.42. The van der Waals surface area contributed by atoms with Gasteiger partial charge in [0.05, 0.1) is 12.3 Å². The molecule has 0 atom stereocenters. The summed E-state index contributed by atoms with van der Waals surface area (Å²) in [5.41, 5.74) is 3.61. The predicted octanol–water partition coefficient (Wildman–Crippen LogP) is 2.19. The molecule has 0 aliphatic carbocycles. The topological polar surface area (TPSA) is 56.1 Å². The van der Waals surface area contributed by atoms with Crippen LogP contribution in [0.2, 0.25) is 0 Å². The first kappa shape index (κ1) is 13.3. The minimum absolute atomic E-state index is 0.326. The third-order valence-corrected chi connectivity index (χ3v) is 2.42. The van der Waals surface area contributed by atoms with Gasteiger partial charge in [0.2, 0.25) is 0 Å². The summed E-state index contributed by atoms with van der Waals surface area (Å²) >= 11 is 0. The molecule has 0 fully saturated rings. The predicted molar refractivity (Wildman–Crippen MR) is 71.8 cm³/mol. The standard InChI is InChI=1S/C14H17N3O2/c1-11(2)10-19-16-14(18)13-8-9-17(15-13)12-6-4-3-5-7-12/h3-9,11H,10H2,1-2H3,(H,16,18). The van der Waals surface area contributed by atoms with Gasteiger partial charge in [0.15, 0.2) is 5.69 Å². The Morgan fingerprint density at radius 2 is 2.05 bits per heavy atom. The summed E-state index contributed by atoms with van der Waals surface area (Å²) in [6.07, 6.45) is 1.74. The van der Waals surface area contributed by atoms with Crippen molar-refractivity contribution in [2.45, 2.75) is 13.8 Å². The van der Waals surface area contributed by atoms with Crippen molar-refractivity contribution >= 4 is 5.91 Å². The maximum absolute atomic E-state index is 11.8. The number of nitrogens with one attached hydrogen (secondary N) is 1. The molecule has 0 radical (unpaired) electrons. The lowest BCUT2D eigenvalue weighted by atomic mass is 10.2. The van der Waals surface area contributed by atoms with E-state index >= 15 is 0 Å². The molecule has 1 heterocycles. The molecule has 0 bridgehead atoms. The SMILES string of the molecule is CC(C)CONC(=O)c1ccn(-c2ccccc2)n1. The lowest BCUT2D eigenvalue weighted by Crippen LogP contribution is -2.26. The van der Waals surface area contributed by atoms with Crippen LogP contribution < -0.4 is 5.48 Å². The molecule has 1 amide bonds. The zero-order valence-corrected chi connectivity index (χ0v) is 11.0. The van der Waals surface area contributed by atoms with Gasteiger partial charge in [0.1, 0.15) is 0 Å². The van der Waals surface area contributed by atoms with E-state index in [1.165, 1.54) is 0 Å². The molecule has 0 aliphatic heterocycles. The molecule has 100 valence electrons. The van der Waals surface area contributed by atoms with Gasteiger partial charge in [-0.15, -0.1) is 0 Å². The van der Waals surface area contributed by atoms with Gasteiger partial charge >= 0.3 is 0 Å². The molecular formula is C14H17N3O2. The molecule has 1 N–H and O–H groups in total. The molecule has 19 heavy (non-hydrogen) atoms. The Balaban J connectivity index is 1.99. The molecule has 0 saturated carbocycles. The third kappa shape index (κ3) is 3.66. The van der Waals surface area contributed by atoms with Crippen LogP contribution in [0.1, 0.15) is 24.3 Å². The zero-order chi connectivity index (χ0) is 13.7. The Labute approximate surface area is 112 Å². The number of nitrogens with zero attached hydrogens (tertiary/aromatic N) is 2. The molecule has 0 saturated heterocycles. The largest absolute Gasteiger partial charge is 0.295 e. The van der Waals surface area contributed by atoms with Gasteiger partial charge in [-0.1, -0.05) is 32.0 Å². The second-order valence-corrected chi connectivity index (χ2v) is 4.62. The van der Waals surface area contributed by atoms with Crippen molar-refractivity contribution in [1.29, 1.82) is 0 Å². The number of carbonyl (C=O) groups excluding carboxylic acids is 1. The number of benzene rings is 1. The van der Waals surface area contributed by atoms with E-state index in [1.807, 2.05) is 44.2 Å². The number of aromatic nitrogens is 2. The lowest BCUT2D eigenvalue weighted by molar-refractivity contribution is 0.0204. The van der Waals surface area contributed by atoms with Crippen molar-refractivity contribution in [2.75, 3.05) is 6.61 Å². The molecular weight excluding hydrogens is 242 g/mol. The van der Waals surface area contributed by atoms with Crippen molar-refractivity contribution in [2.24, 2.45) is 5.92 Å². The molecule has 2 rings (SSSR count). The van der Waals surface area contributed by atoms with E-state index in [2.05, 4.69) is 10.6 Å². The lowest BCUT2D eigenvalue weighted by Gasteiger charge is -2.06. The summed E-state index contributed by atoms with van der Waals surface area (Å²) in [5.74, 6) is 0.0255. The number of hydrogen-bond acceptors (Lipinski definition) is 3. The summed E-state index contributed by atoms with van der Waals surface area (Å²) in [7, 11) is 0. The van der Waals surface area contributed by atoms with E-state index < -0.39 is 0 Å². The fourth-order valence-electron chi connectivity index (χ4n) is 1.50. The molecule has 1 aromatic heterocycles. The number of para-hydroxylation sites is 1. The minimum atomic E-state index is -0.338. The van der Waals surface area contributed by atoms with Gasteiger partial charge in [-0.2, -0.15) is 5.10 Å². The Hall–Kier alpha value is -2.14. The van der Waals surface area contributed by atoms with E-state index in [0.717, 1.165) is 5.69 Å². The van der Waals surface area contributed by atoms with Gasteiger partial charge in [-0.3, -0.25) is 9.63 Å². The Kier molecular flexibility index (Phi) is 4.30. The van der Waals surface area contributed by atoms with Crippen LogP contribution in [0.4, 0.5) is 0 Å².